The number of piperazine rings is 1. The van der Waals surface area contributed by atoms with Crippen molar-refractivity contribution < 1.29 is 24.2 Å². The number of fused-ring (bicyclic) bond motifs is 1. The highest BCUT2D eigenvalue weighted by atomic mass is 16.6. The predicted octanol–water partition coefficient (Wildman–Crippen LogP) is 2.73. The summed E-state index contributed by atoms with van der Waals surface area (Å²) in [6.07, 6.45) is -0.451. The number of ether oxygens (including phenoxy) is 1. The van der Waals surface area contributed by atoms with Gasteiger partial charge in [-0.2, -0.15) is 5.26 Å². The molecule has 5 rings (SSSR count). The molecule has 2 fully saturated rings. The van der Waals surface area contributed by atoms with Crippen molar-refractivity contribution in [3.05, 3.63) is 59.9 Å². The number of anilines is 1. The van der Waals surface area contributed by atoms with E-state index in [0.29, 0.717) is 17.9 Å². The van der Waals surface area contributed by atoms with Gasteiger partial charge in [-0.15, -0.1) is 0 Å². The summed E-state index contributed by atoms with van der Waals surface area (Å²) in [4.78, 5) is 17.3. The Morgan fingerprint density at radius 2 is 1.84 bits per heavy atom. The molecule has 0 radical (unpaired) electrons. The maximum atomic E-state index is 12.5. The first kappa shape index (κ1) is 25.9. The third kappa shape index (κ3) is 6.06. The first-order valence-electron chi connectivity index (χ1n) is 12.9. The van der Waals surface area contributed by atoms with Crippen LogP contribution in [0.4, 0.5) is 5.69 Å². The summed E-state index contributed by atoms with van der Waals surface area (Å²) in [5.41, 5.74) is 2.02. The smallest absolute Gasteiger partial charge is 0.262 e. The number of carbonyl (C=O) groups is 1. The van der Waals surface area contributed by atoms with Crippen molar-refractivity contribution in [1.82, 2.24) is 10.2 Å². The molecule has 0 bridgehead atoms. The molecule has 2 aliphatic heterocycles. The van der Waals surface area contributed by atoms with Crippen molar-refractivity contribution in [1.29, 1.82) is 5.26 Å². The van der Waals surface area contributed by atoms with Crippen molar-refractivity contribution in [3.63, 3.8) is 0 Å². The number of carbonyl (C=O) groups excluding carboxylic acids is 1. The summed E-state index contributed by atoms with van der Waals surface area (Å²) in [5.74, 6) is 0.444. The Bertz CT molecular complexity index is 1360. The SMILES string of the molecule is CN1CCN(c2ccc3cc(-c4ccc(/C=C(\C#N)C(=O)NCC5CC(O)CC(O)O5)o4)ccc3c2)CC1. The van der Waals surface area contributed by atoms with Crippen LogP contribution in [0.5, 0.6) is 0 Å². The molecule has 38 heavy (non-hydrogen) atoms. The van der Waals surface area contributed by atoms with Gasteiger partial charge in [0.25, 0.3) is 5.91 Å². The lowest BCUT2D eigenvalue weighted by atomic mass is 10.0. The number of hydrogen-bond acceptors (Lipinski definition) is 8. The Kier molecular flexibility index (Phi) is 7.77. The lowest BCUT2D eigenvalue weighted by Crippen LogP contribution is -2.44. The minimum Gasteiger partial charge on any atom is -0.457 e. The quantitative estimate of drug-likeness (QED) is 0.338. The number of benzene rings is 2. The summed E-state index contributed by atoms with van der Waals surface area (Å²) in [6, 6.07) is 18.1. The van der Waals surface area contributed by atoms with Gasteiger partial charge >= 0.3 is 0 Å². The van der Waals surface area contributed by atoms with Crippen molar-refractivity contribution in [2.24, 2.45) is 0 Å². The highest BCUT2D eigenvalue weighted by Gasteiger charge is 2.27. The number of aliphatic hydroxyl groups excluding tert-OH is 2. The van der Waals surface area contributed by atoms with E-state index in [1.807, 2.05) is 18.2 Å². The van der Waals surface area contributed by atoms with Gasteiger partial charge in [-0.05, 0) is 48.2 Å². The number of furan rings is 1. The minimum atomic E-state index is -1.07. The van der Waals surface area contributed by atoms with Crippen molar-refractivity contribution in [2.45, 2.75) is 31.3 Å². The van der Waals surface area contributed by atoms with Gasteiger partial charge in [-0.3, -0.25) is 4.79 Å². The first-order valence-corrected chi connectivity index (χ1v) is 12.9. The van der Waals surface area contributed by atoms with Crippen LogP contribution in [0.3, 0.4) is 0 Å². The van der Waals surface area contributed by atoms with Gasteiger partial charge in [0, 0.05) is 62.9 Å². The molecule has 2 aromatic carbocycles. The molecular formula is C29H32N4O5. The average Bonchev–Trinajstić information content (AvgIpc) is 3.38. The molecule has 0 spiro atoms. The van der Waals surface area contributed by atoms with Crippen LogP contribution in [0.25, 0.3) is 28.2 Å². The fraction of sp³-hybridized carbons (Fsp3) is 0.379. The van der Waals surface area contributed by atoms with Crippen LogP contribution in [-0.4, -0.2) is 79.3 Å². The van der Waals surface area contributed by atoms with Gasteiger partial charge in [0.1, 0.15) is 23.2 Å². The lowest BCUT2D eigenvalue weighted by molar-refractivity contribution is -0.187. The standard InChI is InChI=1S/C29H32N4O5/c1-32-8-10-33(11-9-32)23-5-4-19-12-21(3-2-20(19)13-23)27-7-6-25(37-27)14-22(17-30)29(36)31-18-26-15-24(34)16-28(35)38-26/h2-7,12-14,24,26,28,34-35H,8-11,15-16,18H2,1H3,(H,31,36)/b22-14+. The molecule has 3 unspecified atom stereocenters. The third-order valence-electron chi connectivity index (χ3n) is 7.10. The molecule has 1 aromatic heterocycles. The van der Waals surface area contributed by atoms with Gasteiger partial charge in [-0.25, -0.2) is 0 Å². The molecule has 0 aliphatic carbocycles. The fourth-order valence-electron chi connectivity index (χ4n) is 4.92. The molecule has 3 atom stereocenters. The van der Waals surface area contributed by atoms with Crippen LogP contribution in [0, 0.1) is 11.3 Å². The van der Waals surface area contributed by atoms with E-state index in [-0.39, 0.29) is 18.5 Å². The molecule has 1 amide bonds. The van der Waals surface area contributed by atoms with Gasteiger partial charge < -0.3 is 34.5 Å². The molecule has 2 saturated heterocycles. The summed E-state index contributed by atoms with van der Waals surface area (Å²) in [6.45, 7) is 4.23. The lowest BCUT2D eigenvalue weighted by Gasteiger charge is -2.34. The average molecular weight is 517 g/mol. The Morgan fingerprint density at radius 1 is 1.08 bits per heavy atom. The molecule has 3 N–H and O–H groups in total. The van der Waals surface area contributed by atoms with Crippen LogP contribution in [0.1, 0.15) is 18.6 Å². The molecule has 198 valence electrons. The maximum Gasteiger partial charge on any atom is 0.262 e. The Balaban J connectivity index is 1.25. The minimum absolute atomic E-state index is 0.0724. The first-order chi connectivity index (χ1) is 18.4. The summed E-state index contributed by atoms with van der Waals surface area (Å²) >= 11 is 0. The van der Waals surface area contributed by atoms with Crippen LogP contribution < -0.4 is 10.2 Å². The fourth-order valence-corrected chi connectivity index (χ4v) is 4.92. The number of likely N-dealkylation sites (N-methyl/N-ethyl adjacent to an activating group) is 1. The second-order valence-electron chi connectivity index (χ2n) is 9.96. The maximum absolute atomic E-state index is 12.5. The van der Waals surface area contributed by atoms with E-state index in [2.05, 4.69) is 52.5 Å². The van der Waals surface area contributed by atoms with Gasteiger partial charge in [0.2, 0.25) is 0 Å². The number of aliphatic hydroxyl groups is 2. The Morgan fingerprint density at radius 3 is 2.61 bits per heavy atom. The van der Waals surface area contributed by atoms with E-state index in [0.717, 1.165) is 42.5 Å². The van der Waals surface area contributed by atoms with Crippen LogP contribution in [-0.2, 0) is 9.53 Å². The summed E-state index contributed by atoms with van der Waals surface area (Å²) in [5, 5.41) is 33.8. The normalized spacial score (nSPS) is 22.8. The summed E-state index contributed by atoms with van der Waals surface area (Å²) < 4.78 is 11.3. The zero-order valence-electron chi connectivity index (χ0n) is 21.3. The molecule has 9 nitrogen and oxygen atoms in total. The van der Waals surface area contributed by atoms with Crippen molar-refractivity contribution in [2.75, 3.05) is 44.7 Å². The van der Waals surface area contributed by atoms with E-state index in [9.17, 15) is 20.3 Å². The van der Waals surface area contributed by atoms with Gasteiger partial charge in [0.05, 0.1) is 12.2 Å². The monoisotopic (exact) mass is 516 g/mol. The Hall–Kier alpha value is -3.68. The van der Waals surface area contributed by atoms with Gasteiger partial charge in [-0.1, -0.05) is 18.2 Å². The molecule has 9 heteroatoms. The number of rotatable bonds is 6. The molecular weight excluding hydrogens is 484 g/mol. The number of nitrogens with zero attached hydrogens (tertiary/aromatic N) is 3. The topological polar surface area (TPSA) is 122 Å². The van der Waals surface area contributed by atoms with Crippen LogP contribution >= 0.6 is 0 Å². The number of nitriles is 1. The zero-order valence-corrected chi connectivity index (χ0v) is 21.3. The van der Waals surface area contributed by atoms with E-state index in [1.165, 1.54) is 11.8 Å². The molecule has 3 heterocycles. The van der Waals surface area contributed by atoms with E-state index >= 15 is 0 Å². The van der Waals surface area contributed by atoms with E-state index in [1.54, 1.807) is 6.07 Å². The largest absolute Gasteiger partial charge is 0.457 e. The second kappa shape index (κ2) is 11.4. The zero-order chi connectivity index (χ0) is 26.6. The van der Waals surface area contributed by atoms with E-state index < -0.39 is 24.4 Å². The van der Waals surface area contributed by atoms with Gasteiger partial charge in [0.15, 0.2) is 6.29 Å². The molecule has 2 aliphatic rings. The Labute approximate surface area is 221 Å². The highest BCUT2D eigenvalue weighted by Crippen LogP contribution is 2.29. The number of hydrogen-bond donors (Lipinski definition) is 3. The highest BCUT2D eigenvalue weighted by molar-refractivity contribution is 6.01. The molecule has 3 aromatic rings. The number of amides is 1. The van der Waals surface area contributed by atoms with Crippen molar-refractivity contribution in [3.8, 4) is 17.4 Å². The predicted molar refractivity (Wildman–Crippen MR) is 144 cm³/mol. The van der Waals surface area contributed by atoms with Crippen LogP contribution in [0.15, 0.2) is 58.5 Å². The second-order valence-corrected chi connectivity index (χ2v) is 9.96. The summed E-state index contributed by atoms with van der Waals surface area (Å²) in [7, 11) is 2.15. The van der Waals surface area contributed by atoms with Crippen molar-refractivity contribution >= 4 is 28.4 Å². The molecule has 0 saturated carbocycles. The third-order valence-corrected chi connectivity index (χ3v) is 7.10. The van der Waals surface area contributed by atoms with Crippen LogP contribution in [0.2, 0.25) is 0 Å². The number of nitrogens with one attached hydrogen (secondary N) is 1. The van der Waals surface area contributed by atoms with E-state index in [4.69, 9.17) is 9.15 Å².